The highest BCUT2D eigenvalue weighted by atomic mass is 16.3. The number of carbonyl (C=O) groups is 2. The molecule has 8 heteroatoms. The predicted octanol–water partition coefficient (Wildman–Crippen LogP) is 12.3. The van der Waals surface area contributed by atoms with Gasteiger partial charge in [0.15, 0.2) is 0 Å². The Hall–Kier alpha value is -4.40. The maximum Gasteiger partial charge on any atom is 0.319 e. The highest BCUT2D eigenvalue weighted by Crippen LogP contribution is 2.25. The van der Waals surface area contributed by atoms with Crippen molar-refractivity contribution >= 4 is 28.9 Å². The number of carbonyl (C=O) groups excluding carboxylic acids is 2. The van der Waals surface area contributed by atoms with Gasteiger partial charge in [-0.2, -0.15) is 0 Å². The fraction of sp³-hybridized carbons (Fsp3) is 0.489. The number of aryl methyl sites for hydroxylation is 2. The Bertz CT molecular complexity index is 1550. The lowest BCUT2D eigenvalue weighted by molar-refractivity contribution is 0.112. The monoisotopic (exact) mass is 760 g/mol. The van der Waals surface area contributed by atoms with E-state index < -0.39 is 0 Å². The lowest BCUT2D eigenvalue weighted by Gasteiger charge is -2.15. The minimum Gasteiger partial charge on any atom is -0.393 e. The van der Waals surface area contributed by atoms with Gasteiger partial charge in [0.05, 0.1) is 11.6 Å². The molecule has 0 saturated heterocycles. The van der Waals surface area contributed by atoms with Gasteiger partial charge in [-0.15, -0.1) is 0 Å². The number of para-hydroxylation sites is 1. The number of anilines is 1. The minimum absolute atomic E-state index is 0.0370. The van der Waals surface area contributed by atoms with E-state index in [-0.39, 0.29) is 18.2 Å². The zero-order valence-corrected chi connectivity index (χ0v) is 36.9. The summed E-state index contributed by atoms with van der Waals surface area (Å²) in [5, 5.41) is 18.0. The van der Waals surface area contributed by atoms with Crippen LogP contribution in [-0.4, -0.2) is 53.2 Å². The standard InChI is InChI=1S/C17H15NO.C13H20N2O.C7H16O.C6H14N2.2C2H6/c1-2-14-11-18(17-6-4-3-5-16(14)17)15-9-7-13(12-19)8-10-15;1-4-11(5-2)14-13(16)15-12-8-6-10(3)7-9-12;1-3-5-7(8)6-4-2;1-6(2)5-8(4)7-3;2*1-2/h3-12H,2H2,1H3;6-9,11H,4-5H2,1-3H3,(H2,14,15,16);7-8H,3-6H2,1-2H3;5,7H,1-4H3;2*1-2H3. The summed E-state index contributed by atoms with van der Waals surface area (Å²) in [6, 6.07) is 24.0. The molecule has 0 aliphatic carbocycles. The molecule has 4 aromatic rings. The highest BCUT2D eigenvalue weighted by Gasteiger charge is 2.09. The summed E-state index contributed by atoms with van der Waals surface area (Å²) in [7, 11) is 3.85. The molecule has 1 aromatic heterocycles. The fourth-order valence-electron chi connectivity index (χ4n) is 5.20. The number of aliphatic hydroxyl groups excluding tert-OH is 1. The Morgan fingerprint density at radius 3 is 1.82 bits per heavy atom. The van der Waals surface area contributed by atoms with E-state index >= 15 is 0 Å². The number of fused-ring (bicyclic) bond motifs is 1. The average Bonchev–Trinajstić information content (AvgIpc) is 3.59. The van der Waals surface area contributed by atoms with E-state index in [0.29, 0.717) is 5.56 Å². The molecule has 0 saturated carbocycles. The summed E-state index contributed by atoms with van der Waals surface area (Å²) in [5.74, 6) is 0. The number of hydrazine groups is 1. The third-order valence-electron chi connectivity index (χ3n) is 8.16. The van der Waals surface area contributed by atoms with E-state index in [9.17, 15) is 9.59 Å². The molecule has 0 radical (unpaired) electrons. The van der Waals surface area contributed by atoms with Crippen molar-refractivity contribution in [2.75, 3.05) is 19.4 Å². The Balaban J connectivity index is 0. The van der Waals surface area contributed by atoms with Gasteiger partial charge in [-0.25, -0.2) is 10.2 Å². The highest BCUT2D eigenvalue weighted by molar-refractivity contribution is 5.89. The second-order valence-corrected chi connectivity index (χ2v) is 12.9. The summed E-state index contributed by atoms with van der Waals surface area (Å²) in [6.45, 7) is 24.6. The number of allylic oxidation sites excluding steroid dienone is 1. The predicted molar refractivity (Wildman–Crippen MR) is 241 cm³/mol. The summed E-state index contributed by atoms with van der Waals surface area (Å²) in [4.78, 5) is 22.3. The zero-order chi connectivity index (χ0) is 42.2. The van der Waals surface area contributed by atoms with Crippen molar-refractivity contribution in [2.24, 2.45) is 0 Å². The van der Waals surface area contributed by atoms with Gasteiger partial charge in [0.1, 0.15) is 6.29 Å². The van der Waals surface area contributed by atoms with Crippen LogP contribution in [0.2, 0.25) is 0 Å². The van der Waals surface area contributed by atoms with E-state index in [0.717, 1.165) is 62.6 Å². The first kappa shape index (κ1) is 52.7. The number of hydrogen-bond donors (Lipinski definition) is 4. The van der Waals surface area contributed by atoms with Crippen molar-refractivity contribution in [3.8, 4) is 5.69 Å². The number of urea groups is 1. The summed E-state index contributed by atoms with van der Waals surface area (Å²) >= 11 is 0. The van der Waals surface area contributed by atoms with Gasteiger partial charge in [0.2, 0.25) is 0 Å². The van der Waals surface area contributed by atoms with Gasteiger partial charge >= 0.3 is 6.03 Å². The Morgan fingerprint density at radius 1 is 0.836 bits per heavy atom. The number of amides is 2. The van der Waals surface area contributed by atoms with Crippen LogP contribution in [0.5, 0.6) is 0 Å². The van der Waals surface area contributed by atoms with E-state index in [1.54, 1.807) is 0 Å². The molecule has 2 amide bonds. The normalized spacial score (nSPS) is 9.69. The van der Waals surface area contributed by atoms with Crippen LogP contribution in [0, 0.1) is 6.92 Å². The van der Waals surface area contributed by atoms with Crippen molar-refractivity contribution in [1.82, 2.24) is 20.3 Å². The second-order valence-electron chi connectivity index (χ2n) is 12.9. The summed E-state index contributed by atoms with van der Waals surface area (Å²) in [5.41, 5.74) is 10.6. The van der Waals surface area contributed by atoms with Crippen molar-refractivity contribution in [2.45, 2.75) is 140 Å². The Kier molecular flexibility index (Phi) is 31.6. The SMILES string of the molecule is CC.CC.CCC(CC)NC(=O)Nc1ccc(C)cc1.CCCC(O)CCC.CCc1cn(-c2ccc(C=O)cc2)c2ccccc12.CNN(C)C=C(C)C. The van der Waals surface area contributed by atoms with Crippen LogP contribution in [0.15, 0.2) is 90.8 Å². The molecule has 0 fully saturated rings. The van der Waals surface area contributed by atoms with Crippen molar-refractivity contribution in [1.29, 1.82) is 0 Å². The smallest absolute Gasteiger partial charge is 0.319 e. The molecular formula is C47H77N5O3. The Labute approximate surface area is 335 Å². The fourth-order valence-corrected chi connectivity index (χ4v) is 5.20. The largest absolute Gasteiger partial charge is 0.393 e. The number of hydrogen-bond acceptors (Lipinski definition) is 5. The first-order chi connectivity index (χ1) is 26.5. The maximum atomic E-state index is 11.6. The number of aliphatic hydroxyl groups is 1. The molecule has 4 N–H and O–H groups in total. The molecular weight excluding hydrogens is 683 g/mol. The van der Waals surface area contributed by atoms with Gasteiger partial charge in [-0.05, 0) is 101 Å². The number of aldehydes is 1. The molecule has 308 valence electrons. The molecule has 0 spiro atoms. The lowest BCUT2D eigenvalue weighted by Crippen LogP contribution is -2.37. The second kappa shape index (κ2) is 33.0. The molecule has 0 aliphatic rings. The number of nitrogens with zero attached hydrogens (tertiary/aromatic N) is 2. The number of benzene rings is 3. The van der Waals surface area contributed by atoms with E-state index in [1.165, 1.54) is 27.6 Å². The van der Waals surface area contributed by atoms with Gasteiger partial charge in [0.25, 0.3) is 0 Å². The van der Waals surface area contributed by atoms with Crippen molar-refractivity contribution < 1.29 is 14.7 Å². The number of nitrogens with one attached hydrogen (secondary N) is 3. The van der Waals surface area contributed by atoms with Crippen LogP contribution in [0.3, 0.4) is 0 Å². The molecule has 4 rings (SSSR count). The van der Waals surface area contributed by atoms with Crippen molar-refractivity contribution in [3.05, 3.63) is 107 Å². The number of rotatable bonds is 13. The summed E-state index contributed by atoms with van der Waals surface area (Å²) < 4.78 is 2.18. The van der Waals surface area contributed by atoms with Crippen LogP contribution in [0.25, 0.3) is 16.6 Å². The number of aromatic nitrogens is 1. The van der Waals surface area contributed by atoms with Gasteiger partial charge in [-0.1, -0.05) is 117 Å². The van der Waals surface area contributed by atoms with E-state index in [1.807, 2.05) is 108 Å². The molecule has 0 bridgehead atoms. The molecule has 0 aliphatic heterocycles. The van der Waals surface area contributed by atoms with Crippen LogP contribution in [-0.2, 0) is 6.42 Å². The summed E-state index contributed by atoms with van der Waals surface area (Å²) in [6.07, 6.45) is 12.1. The van der Waals surface area contributed by atoms with Gasteiger partial charge in [0, 0.05) is 54.9 Å². The molecule has 3 aromatic carbocycles. The Morgan fingerprint density at radius 2 is 1.38 bits per heavy atom. The lowest BCUT2D eigenvalue weighted by atomic mass is 10.1. The quantitative estimate of drug-likeness (QED) is 0.0803. The first-order valence-corrected chi connectivity index (χ1v) is 20.5. The van der Waals surface area contributed by atoms with E-state index in [4.69, 9.17) is 5.11 Å². The zero-order valence-electron chi connectivity index (χ0n) is 36.9. The average molecular weight is 760 g/mol. The van der Waals surface area contributed by atoms with Gasteiger partial charge in [-0.3, -0.25) is 4.79 Å². The van der Waals surface area contributed by atoms with E-state index in [2.05, 4.69) is 99.6 Å². The third-order valence-corrected chi connectivity index (χ3v) is 8.16. The maximum absolute atomic E-state index is 11.6. The van der Waals surface area contributed by atoms with Crippen LogP contribution in [0.4, 0.5) is 10.5 Å². The topological polar surface area (TPSA) is 98.6 Å². The van der Waals surface area contributed by atoms with Crippen LogP contribution < -0.4 is 16.1 Å². The molecule has 0 atom stereocenters. The van der Waals surface area contributed by atoms with Crippen LogP contribution >= 0.6 is 0 Å². The minimum atomic E-state index is -0.127. The molecule has 55 heavy (non-hydrogen) atoms. The van der Waals surface area contributed by atoms with Crippen molar-refractivity contribution in [3.63, 3.8) is 0 Å². The molecule has 0 unspecified atom stereocenters. The van der Waals surface area contributed by atoms with Gasteiger partial charge < -0.3 is 25.3 Å². The molecule has 8 nitrogen and oxygen atoms in total. The third kappa shape index (κ3) is 22.5. The first-order valence-electron chi connectivity index (χ1n) is 20.5. The van der Waals surface area contributed by atoms with Crippen LogP contribution in [0.1, 0.15) is 136 Å². The molecule has 1 heterocycles.